The molecule has 1 aliphatic carbocycles. The summed E-state index contributed by atoms with van der Waals surface area (Å²) in [6.07, 6.45) is 4.62. The first-order valence-corrected chi connectivity index (χ1v) is 8.05. The summed E-state index contributed by atoms with van der Waals surface area (Å²) in [7, 11) is 0. The van der Waals surface area contributed by atoms with E-state index in [9.17, 15) is 9.59 Å². The second-order valence-corrected chi connectivity index (χ2v) is 6.53. The minimum Gasteiger partial charge on any atom is -0.462 e. The number of carbonyl (C=O) groups excluding carboxylic acids is 2. The van der Waals surface area contributed by atoms with Crippen LogP contribution in [-0.2, 0) is 4.74 Å². The van der Waals surface area contributed by atoms with Crippen LogP contribution in [0.25, 0.3) is 0 Å². The van der Waals surface area contributed by atoms with Crippen molar-refractivity contribution in [1.29, 1.82) is 0 Å². The Hall–Kier alpha value is -1.84. The first kappa shape index (κ1) is 16.5. The van der Waals surface area contributed by atoms with Crippen LogP contribution in [0.15, 0.2) is 24.3 Å². The molecule has 0 aliphatic heterocycles. The summed E-state index contributed by atoms with van der Waals surface area (Å²) in [5.41, 5.74) is 5.76. The van der Waals surface area contributed by atoms with Gasteiger partial charge in [-0.25, -0.2) is 4.79 Å². The van der Waals surface area contributed by atoms with Crippen molar-refractivity contribution in [1.82, 2.24) is 0 Å². The van der Waals surface area contributed by atoms with E-state index >= 15 is 0 Å². The predicted octanol–water partition coefficient (Wildman–Crippen LogP) is 3.40. The van der Waals surface area contributed by atoms with Crippen LogP contribution in [-0.4, -0.2) is 18.5 Å². The summed E-state index contributed by atoms with van der Waals surface area (Å²) in [6.45, 7) is 4.97. The topological polar surface area (TPSA) is 69.4 Å². The van der Waals surface area contributed by atoms with Crippen LogP contribution in [0.1, 0.15) is 60.2 Å². The summed E-state index contributed by atoms with van der Waals surface area (Å²) in [5, 5.41) is 0. The zero-order valence-electron chi connectivity index (χ0n) is 13.4. The summed E-state index contributed by atoms with van der Waals surface area (Å²) < 4.78 is 5.41. The number of esters is 1. The van der Waals surface area contributed by atoms with Gasteiger partial charge in [-0.2, -0.15) is 0 Å². The molecule has 1 amide bonds. The lowest BCUT2D eigenvalue weighted by Crippen LogP contribution is -2.24. The predicted molar refractivity (Wildman–Crippen MR) is 85.5 cm³/mol. The molecule has 0 bridgehead atoms. The second-order valence-electron chi connectivity index (χ2n) is 6.53. The van der Waals surface area contributed by atoms with E-state index in [0.717, 1.165) is 24.7 Å². The lowest BCUT2D eigenvalue weighted by Gasteiger charge is -2.30. The van der Waals surface area contributed by atoms with Crippen LogP contribution in [0, 0.1) is 17.8 Å². The quantitative estimate of drug-likeness (QED) is 0.847. The number of rotatable bonds is 5. The molecule has 4 nitrogen and oxygen atoms in total. The molecular formula is C18H25NO3. The van der Waals surface area contributed by atoms with Gasteiger partial charge in [0.05, 0.1) is 17.7 Å². The number of ether oxygens (including phenoxy) is 1. The molecule has 0 unspecified atom stereocenters. The van der Waals surface area contributed by atoms with E-state index in [1.165, 1.54) is 12.8 Å². The fourth-order valence-electron chi connectivity index (χ4n) is 3.17. The number of carbonyl (C=O) groups is 2. The van der Waals surface area contributed by atoms with Gasteiger partial charge in [0.25, 0.3) is 0 Å². The monoisotopic (exact) mass is 303 g/mol. The Labute approximate surface area is 132 Å². The Balaban J connectivity index is 1.88. The number of nitrogens with two attached hydrogens (primary N) is 1. The molecule has 1 aromatic carbocycles. The highest BCUT2D eigenvalue weighted by atomic mass is 16.5. The third kappa shape index (κ3) is 4.09. The van der Waals surface area contributed by atoms with E-state index in [1.54, 1.807) is 24.3 Å². The maximum atomic E-state index is 12.2. The van der Waals surface area contributed by atoms with E-state index in [-0.39, 0.29) is 11.1 Å². The van der Waals surface area contributed by atoms with Gasteiger partial charge in [-0.3, -0.25) is 4.79 Å². The number of primary amides is 1. The van der Waals surface area contributed by atoms with E-state index in [4.69, 9.17) is 10.5 Å². The maximum absolute atomic E-state index is 12.2. The normalized spacial score (nSPS) is 21.6. The highest BCUT2D eigenvalue weighted by molar-refractivity contribution is 6.04. The number of amides is 1. The fraction of sp³-hybridized carbons (Fsp3) is 0.556. The van der Waals surface area contributed by atoms with Gasteiger partial charge in [0.1, 0.15) is 0 Å². The Morgan fingerprint density at radius 3 is 2.27 bits per heavy atom. The zero-order chi connectivity index (χ0) is 16.1. The Morgan fingerprint density at radius 2 is 1.73 bits per heavy atom. The third-order valence-corrected chi connectivity index (χ3v) is 4.70. The summed E-state index contributed by atoms with van der Waals surface area (Å²) in [4.78, 5) is 23.5. The van der Waals surface area contributed by atoms with Crippen LogP contribution < -0.4 is 5.73 Å². The highest BCUT2D eigenvalue weighted by Crippen LogP contribution is 2.33. The Morgan fingerprint density at radius 1 is 1.14 bits per heavy atom. The molecule has 0 heterocycles. The van der Waals surface area contributed by atoms with Crippen LogP contribution in [0.3, 0.4) is 0 Å². The van der Waals surface area contributed by atoms with Crippen molar-refractivity contribution in [3.63, 3.8) is 0 Å². The molecule has 22 heavy (non-hydrogen) atoms. The first-order chi connectivity index (χ1) is 10.5. The van der Waals surface area contributed by atoms with Crippen molar-refractivity contribution in [3.05, 3.63) is 35.4 Å². The van der Waals surface area contributed by atoms with Crippen molar-refractivity contribution in [3.8, 4) is 0 Å². The van der Waals surface area contributed by atoms with Crippen molar-refractivity contribution >= 4 is 11.9 Å². The summed E-state index contributed by atoms with van der Waals surface area (Å²) in [6, 6.07) is 6.52. The van der Waals surface area contributed by atoms with Gasteiger partial charge in [-0.05, 0) is 55.6 Å². The average molecular weight is 303 g/mol. The molecule has 2 rings (SSSR count). The summed E-state index contributed by atoms with van der Waals surface area (Å²) >= 11 is 0. The van der Waals surface area contributed by atoms with Crippen molar-refractivity contribution in [2.45, 2.75) is 39.5 Å². The van der Waals surface area contributed by atoms with Crippen molar-refractivity contribution in [2.24, 2.45) is 23.5 Å². The molecular weight excluding hydrogens is 278 g/mol. The van der Waals surface area contributed by atoms with Crippen LogP contribution in [0.2, 0.25) is 0 Å². The largest absolute Gasteiger partial charge is 0.462 e. The van der Waals surface area contributed by atoms with E-state index in [2.05, 4.69) is 13.8 Å². The molecule has 1 fully saturated rings. The molecule has 0 aromatic heterocycles. The molecule has 0 radical (unpaired) electrons. The maximum Gasteiger partial charge on any atom is 0.338 e. The van der Waals surface area contributed by atoms with Gasteiger partial charge < -0.3 is 10.5 Å². The fourth-order valence-corrected chi connectivity index (χ4v) is 3.17. The molecule has 0 saturated heterocycles. The van der Waals surface area contributed by atoms with Crippen LogP contribution >= 0.6 is 0 Å². The molecule has 4 heteroatoms. The highest BCUT2D eigenvalue weighted by Gasteiger charge is 2.24. The molecule has 2 N–H and O–H groups in total. The molecule has 0 atom stereocenters. The second kappa shape index (κ2) is 7.43. The lowest BCUT2D eigenvalue weighted by atomic mass is 9.77. The average Bonchev–Trinajstić information content (AvgIpc) is 2.53. The van der Waals surface area contributed by atoms with Gasteiger partial charge in [-0.1, -0.05) is 26.0 Å². The van der Waals surface area contributed by atoms with Crippen molar-refractivity contribution < 1.29 is 14.3 Å². The van der Waals surface area contributed by atoms with Crippen molar-refractivity contribution in [2.75, 3.05) is 6.61 Å². The van der Waals surface area contributed by atoms with Gasteiger partial charge in [-0.15, -0.1) is 0 Å². The van der Waals surface area contributed by atoms with E-state index in [1.807, 2.05) is 0 Å². The first-order valence-electron chi connectivity index (χ1n) is 8.05. The molecule has 1 saturated carbocycles. The molecule has 0 spiro atoms. The molecule has 1 aliphatic rings. The van der Waals surface area contributed by atoms with Gasteiger partial charge in [0.15, 0.2) is 0 Å². The third-order valence-electron chi connectivity index (χ3n) is 4.70. The summed E-state index contributed by atoms with van der Waals surface area (Å²) in [5.74, 6) is 0.888. The standard InChI is InChI=1S/C18H25NO3/c1-12(2)14-9-7-13(8-10-14)11-22-18(21)16-6-4-3-5-15(16)17(19)20/h3-6,12-14H,7-11H2,1-2H3,(H2,19,20). The zero-order valence-corrected chi connectivity index (χ0v) is 13.4. The molecule has 1 aromatic rings. The Bertz CT molecular complexity index is 531. The van der Waals surface area contributed by atoms with Crippen LogP contribution in [0.5, 0.6) is 0 Å². The van der Waals surface area contributed by atoms with E-state index < -0.39 is 11.9 Å². The lowest BCUT2D eigenvalue weighted by molar-refractivity contribution is 0.0383. The minimum absolute atomic E-state index is 0.219. The smallest absolute Gasteiger partial charge is 0.338 e. The van der Waals surface area contributed by atoms with Gasteiger partial charge in [0, 0.05) is 0 Å². The number of hydrogen-bond donors (Lipinski definition) is 1. The van der Waals surface area contributed by atoms with E-state index in [0.29, 0.717) is 12.5 Å². The van der Waals surface area contributed by atoms with Gasteiger partial charge >= 0.3 is 5.97 Å². The number of hydrogen-bond acceptors (Lipinski definition) is 3. The van der Waals surface area contributed by atoms with Gasteiger partial charge in [0.2, 0.25) is 5.91 Å². The minimum atomic E-state index is -0.606. The molecule has 120 valence electrons. The SMILES string of the molecule is CC(C)C1CCC(COC(=O)c2ccccc2C(N)=O)CC1. The number of benzene rings is 1. The van der Waals surface area contributed by atoms with Crippen LogP contribution in [0.4, 0.5) is 0 Å². The Kier molecular flexibility index (Phi) is 5.58.